The van der Waals surface area contributed by atoms with Crippen LogP contribution in [0.5, 0.6) is 0 Å². The summed E-state index contributed by atoms with van der Waals surface area (Å²) in [6, 6.07) is 0.135. The van der Waals surface area contributed by atoms with E-state index in [4.69, 9.17) is 9.98 Å². The van der Waals surface area contributed by atoms with Gasteiger partial charge in [-0.1, -0.05) is 27.7 Å². The molecule has 5 rings (SSSR count). The number of aromatic amines is 2. The molecule has 2 aromatic heterocycles. The second-order valence-corrected chi connectivity index (χ2v) is 10.4. The molecule has 2 unspecified atom stereocenters. The number of H-pyrrole nitrogens is 2. The van der Waals surface area contributed by atoms with Gasteiger partial charge in [-0.3, -0.25) is 9.98 Å². The third kappa shape index (κ3) is 3.82. The zero-order chi connectivity index (χ0) is 25.7. The Balaban J connectivity index is 1.88. The van der Waals surface area contributed by atoms with E-state index in [-0.39, 0.29) is 12.1 Å². The molecule has 0 amide bonds. The van der Waals surface area contributed by atoms with Crippen molar-refractivity contribution >= 4 is 35.7 Å². The van der Waals surface area contributed by atoms with Gasteiger partial charge in [0.25, 0.3) is 0 Å². The lowest BCUT2D eigenvalue weighted by Gasteiger charge is -2.06. The molecule has 5 heterocycles. The van der Waals surface area contributed by atoms with Crippen molar-refractivity contribution in [2.45, 2.75) is 93.2 Å². The number of nitrogens with one attached hydrogen (secondary N) is 2. The van der Waals surface area contributed by atoms with Gasteiger partial charge in [0, 0.05) is 21.4 Å². The zero-order valence-electron chi connectivity index (χ0n) is 23.2. The third-order valence-electron chi connectivity index (χ3n) is 8.58. The molecule has 8 bridgehead atoms. The van der Waals surface area contributed by atoms with Crippen LogP contribution in [0.15, 0.2) is 32.3 Å². The van der Waals surface area contributed by atoms with E-state index < -0.39 is 0 Å². The SMILES string of the molecule is CCC1=C(C)C2=NC1C=c1[nH]c(c(CC)c1C)=CC1=NC(C=c3[nH]c(c(CC)c3C)=C2)C(CC)=C1C. The molecule has 0 radical (unpaired) electrons. The Labute approximate surface area is 214 Å². The molecule has 4 heteroatoms. The Bertz CT molecular complexity index is 1490. The normalized spacial score (nSPS) is 21.1. The highest BCUT2D eigenvalue weighted by Gasteiger charge is 2.24. The maximum atomic E-state index is 5.24. The minimum atomic E-state index is 0.0674. The summed E-state index contributed by atoms with van der Waals surface area (Å²) in [7, 11) is 0. The summed E-state index contributed by atoms with van der Waals surface area (Å²) >= 11 is 0. The molecule has 2 aromatic rings. The largest absolute Gasteiger partial charge is 0.355 e. The molecule has 0 aliphatic carbocycles. The van der Waals surface area contributed by atoms with Gasteiger partial charge in [-0.15, -0.1) is 0 Å². The standard InChI is InChI=1S/C32H40N4/c1-9-21-17(5)25-14-30-23(11-3)19(7)27(35-30)16-32-24(12-4)20(8)28(36-32)15-31-22(10-2)18(6)26(34-31)13-29(21)33-25/h13-16,29,32,34-35H,9-12H2,1-8H3. The second kappa shape index (κ2) is 9.38. The van der Waals surface area contributed by atoms with E-state index in [9.17, 15) is 0 Å². The molecule has 2 N–H and O–H groups in total. The average Bonchev–Trinajstić information content (AvgIpc) is 3.51. The Morgan fingerprint density at radius 3 is 1.31 bits per heavy atom. The molecule has 36 heavy (non-hydrogen) atoms. The molecular formula is C32H40N4. The van der Waals surface area contributed by atoms with E-state index in [1.807, 2.05) is 0 Å². The number of hydrogen-bond acceptors (Lipinski definition) is 2. The maximum absolute atomic E-state index is 5.24. The molecule has 3 aliphatic rings. The lowest BCUT2D eigenvalue weighted by atomic mass is 9.98. The Morgan fingerprint density at radius 1 is 0.583 bits per heavy atom. The van der Waals surface area contributed by atoms with E-state index in [1.165, 1.54) is 65.9 Å². The number of nitrogens with zero attached hydrogens (tertiary/aromatic N) is 2. The predicted molar refractivity (Wildman–Crippen MR) is 155 cm³/mol. The number of aliphatic imine (C=N–C) groups is 2. The van der Waals surface area contributed by atoms with E-state index in [0.717, 1.165) is 37.1 Å². The molecule has 4 nitrogen and oxygen atoms in total. The second-order valence-electron chi connectivity index (χ2n) is 10.4. The first-order valence-electron chi connectivity index (χ1n) is 13.7. The van der Waals surface area contributed by atoms with Crippen LogP contribution < -0.4 is 21.4 Å². The number of aromatic nitrogens is 2. The van der Waals surface area contributed by atoms with Crippen LogP contribution in [-0.4, -0.2) is 33.5 Å². The number of allylic oxidation sites excluding steroid dienone is 2. The van der Waals surface area contributed by atoms with Crippen molar-refractivity contribution in [1.82, 2.24) is 9.97 Å². The monoisotopic (exact) mass is 480 g/mol. The minimum Gasteiger partial charge on any atom is -0.355 e. The highest BCUT2D eigenvalue weighted by Crippen LogP contribution is 2.28. The van der Waals surface area contributed by atoms with Crippen LogP contribution in [0.4, 0.5) is 0 Å². The molecule has 0 saturated carbocycles. The van der Waals surface area contributed by atoms with E-state index in [2.05, 4.69) is 89.7 Å². The van der Waals surface area contributed by atoms with Crippen LogP contribution in [0.1, 0.15) is 76.6 Å². The Morgan fingerprint density at radius 2 is 0.972 bits per heavy atom. The van der Waals surface area contributed by atoms with Gasteiger partial charge in [0.1, 0.15) is 0 Å². The van der Waals surface area contributed by atoms with Crippen molar-refractivity contribution in [3.63, 3.8) is 0 Å². The highest BCUT2D eigenvalue weighted by atomic mass is 14.9. The van der Waals surface area contributed by atoms with E-state index in [1.54, 1.807) is 0 Å². The smallest absolute Gasteiger partial charge is 0.0926 e. The Kier molecular flexibility index (Phi) is 6.40. The van der Waals surface area contributed by atoms with Crippen LogP contribution in [-0.2, 0) is 12.8 Å². The number of rotatable bonds is 4. The lowest BCUT2D eigenvalue weighted by Crippen LogP contribution is -2.17. The van der Waals surface area contributed by atoms with Crippen molar-refractivity contribution in [1.29, 1.82) is 0 Å². The fourth-order valence-corrected chi connectivity index (χ4v) is 6.38. The molecular weight excluding hydrogens is 440 g/mol. The number of fused-ring (bicyclic) bond motifs is 6. The third-order valence-corrected chi connectivity index (χ3v) is 8.58. The molecule has 0 aromatic carbocycles. The van der Waals surface area contributed by atoms with Crippen LogP contribution in [0, 0.1) is 13.8 Å². The molecule has 3 aliphatic heterocycles. The lowest BCUT2D eigenvalue weighted by molar-refractivity contribution is 0.927. The van der Waals surface area contributed by atoms with Crippen molar-refractivity contribution < 1.29 is 0 Å². The van der Waals surface area contributed by atoms with Gasteiger partial charge < -0.3 is 9.97 Å². The first kappa shape index (κ1) is 24.5. The van der Waals surface area contributed by atoms with Gasteiger partial charge in [0.05, 0.1) is 23.5 Å². The van der Waals surface area contributed by atoms with E-state index >= 15 is 0 Å². The maximum Gasteiger partial charge on any atom is 0.0926 e. The summed E-state index contributed by atoms with van der Waals surface area (Å²) in [5, 5.41) is 4.74. The number of hydrogen-bond donors (Lipinski definition) is 2. The first-order chi connectivity index (χ1) is 17.3. The van der Waals surface area contributed by atoms with Gasteiger partial charge in [0.15, 0.2) is 0 Å². The first-order valence-corrected chi connectivity index (χ1v) is 13.7. The summed E-state index contributed by atoms with van der Waals surface area (Å²) in [5.41, 5.74) is 13.0. The summed E-state index contributed by atoms with van der Waals surface area (Å²) < 4.78 is 0. The van der Waals surface area contributed by atoms with Crippen LogP contribution >= 0.6 is 0 Å². The van der Waals surface area contributed by atoms with Crippen LogP contribution in [0.3, 0.4) is 0 Å². The van der Waals surface area contributed by atoms with E-state index in [0.29, 0.717) is 0 Å². The molecule has 0 spiro atoms. The summed E-state index contributed by atoms with van der Waals surface area (Å²) in [5.74, 6) is 0. The minimum absolute atomic E-state index is 0.0674. The fourth-order valence-electron chi connectivity index (χ4n) is 6.38. The van der Waals surface area contributed by atoms with Crippen molar-refractivity contribution in [3.05, 3.63) is 65.9 Å². The van der Waals surface area contributed by atoms with Gasteiger partial charge in [-0.05, 0) is 122 Å². The van der Waals surface area contributed by atoms with Gasteiger partial charge >= 0.3 is 0 Å². The van der Waals surface area contributed by atoms with Gasteiger partial charge in [-0.2, -0.15) is 0 Å². The van der Waals surface area contributed by atoms with Crippen LogP contribution in [0.25, 0.3) is 24.3 Å². The van der Waals surface area contributed by atoms with Gasteiger partial charge in [0.2, 0.25) is 0 Å². The van der Waals surface area contributed by atoms with Crippen molar-refractivity contribution in [3.8, 4) is 0 Å². The summed E-state index contributed by atoms with van der Waals surface area (Å²) in [6.45, 7) is 17.9. The van der Waals surface area contributed by atoms with Crippen LogP contribution in [0.2, 0.25) is 0 Å². The molecule has 2 atom stereocenters. The molecule has 0 saturated heterocycles. The topological polar surface area (TPSA) is 56.3 Å². The predicted octanol–water partition coefficient (Wildman–Crippen LogP) is 4.02. The summed E-state index contributed by atoms with van der Waals surface area (Å²) in [4.78, 5) is 18.0. The van der Waals surface area contributed by atoms with Crippen molar-refractivity contribution in [2.75, 3.05) is 0 Å². The quantitative estimate of drug-likeness (QED) is 0.664. The Hall–Kier alpha value is -3.14. The van der Waals surface area contributed by atoms with Gasteiger partial charge in [-0.25, -0.2) is 0 Å². The zero-order valence-corrected chi connectivity index (χ0v) is 23.2. The molecule has 0 fully saturated rings. The molecule has 188 valence electrons. The summed E-state index contributed by atoms with van der Waals surface area (Å²) in [6.07, 6.45) is 13.2. The fraction of sp³-hybridized carbons (Fsp3) is 0.438. The van der Waals surface area contributed by atoms with Crippen molar-refractivity contribution in [2.24, 2.45) is 9.98 Å². The average molecular weight is 481 g/mol. The highest BCUT2D eigenvalue weighted by molar-refractivity contribution is 6.23.